The second-order valence-electron chi connectivity index (χ2n) is 6.59. The Bertz CT molecular complexity index is 1000. The first-order valence-corrected chi connectivity index (χ1v) is 11.1. The van der Waals surface area contributed by atoms with E-state index in [0.717, 1.165) is 12.2 Å². The smallest absolute Gasteiger partial charge is 0.234 e. The largest absolute Gasteiger partial charge is 0.483 e. The van der Waals surface area contributed by atoms with Gasteiger partial charge in [-0.15, -0.1) is 10.2 Å². The number of ether oxygens (including phenoxy) is 1. The molecule has 2 aromatic carbocycles. The van der Waals surface area contributed by atoms with Crippen LogP contribution in [0.25, 0.3) is 0 Å². The zero-order valence-corrected chi connectivity index (χ0v) is 19.2. The van der Waals surface area contributed by atoms with Crippen LogP contribution in [-0.4, -0.2) is 26.4 Å². The summed E-state index contributed by atoms with van der Waals surface area (Å²) in [5.41, 5.74) is 1.66. The molecule has 1 N–H and O–H groups in total. The highest BCUT2D eigenvalue weighted by molar-refractivity contribution is 7.99. The summed E-state index contributed by atoms with van der Waals surface area (Å²) >= 11 is 13.5. The number of nitrogens with zero attached hydrogens (tertiary/aromatic N) is 3. The normalized spacial score (nSPS) is 11.9. The van der Waals surface area contributed by atoms with Crippen molar-refractivity contribution in [3.8, 4) is 5.75 Å². The summed E-state index contributed by atoms with van der Waals surface area (Å²) < 4.78 is 7.81. The Kier molecular flexibility index (Phi) is 7.64. The number of aromatic nitrogens is 3. The molecular formula is C21H22Cl2N4O2S. The number of para-hydroxylation sites is 1. The van der Waals surface area contributed by atoms with E-state index in [2.05, 4.69) is 22.4 Å². The molecule has 30 heavy (non-hydrogen) atoms. The number of rotatable bonds is 8. The highest BCUT2D eigenvalue weighted by atomic mass is 35.5. The molecule has 0 fully saturated rings. The number of hydrogen-bond acceptors (Lipinski definition) is 5. The van der Waals surface area contributed by atoms with Gasteiger partial charge < -0.3 is 14.6 Å². The van der Waals surface area contributed by atoms with Gasteiger partial charge in [-0.25, -0.2) is 0 Å². The summed E-state index contributed by atoms with van der Waals surface area (Å²) in [6.45, 7) is 4.03. The van der Waals surface area contributed by atoms with Crippen molar-refractivity contribution in [2.45, 2.75) is 31.5 Å². The lowest BCUT2D eigenvalue weighted by Crippen LogP contribution is -2.15. The fourth-order valence-corrected chi connectivity index (χ4v) is 4.00. The molecule has 158 valence electrons. The van der Waals surface area contributed by atoms with Crippen molar-refractivity contribution < 1.29 is 9.53 Å². The molecule has 0 saturated heterocycles. The van der Waals surface area contributed by atoms with E-state index in [9.17, 15) is 4.79 Å². The summed E-state index contributed by atoms with van der Waals surface area (Å²) in [4.78, 5) is 12.3. The van der Waals surface area contributed by atoms with Gasteiger partial charge in [0, 0.05) is 7.05 Å². The van der Waals surface area contributed by atoms with Crippen molar-refractivity contribution >= 4 is 46.6 Å². The number of anilines is 1. The Morgan fingerprint density at radius 3 is 2.47 bits per heavy atom. The Hall–Kier alpha value is -2.22. The highest BCUT2D eigenvalue weighted by Crippen LogP contribution is 2.30. The molecule has 0 saturated carbocycles. The van der Waals surface area contributed by atoms with Crippen molar-refractivity contribution in [3.05, 3.63) is 63.9 Å². The van der Waals surface area contributed by atoms with Crippen molar-refractivity contribution in [2.24, 2.45) is 7.05 Å². The number of carbonyl (C=O) groups excluding carboxylic acids is 1. The Labute approximate surface area is 189 Å². The zero-order valence-electron chi connectivity index (χ0n) is 16.9. The second kappa shape index (κ2) is 10.2. The van der Waals surface area contributed by atoms with E-state index in [1.807, 2.05) is 42.8 Å². The monoisotopic (exact) mass is 464 g/mol. The van der Waals surface area contributed by atoms with Gasteiger partial charge in [0.25, 0.3) is 0 Å². The second-order valence-corrected chi connectivity index (χ2v) is 8.35. The molecule has 0 aliphatic carbocycles. The lowest BCUT2D eigenvalue weighted by molar-refractivity contribution is -0.113. The van der Waals surface area contributed by atoms with Crippen LogP contribution in [0.1, 0.15) is 31.3 Å². The summed E-state index contributed by atoms with van der Waals surface area (Å²) in [6, 6.07) is 13.0. The lowest BCUT2D eigenvalue weighted by Gasteiger charge is -2.14. The van der Waals surface area contributed by atoms with Gasteiger partial charge in [0.15, 0.2) is 17.1 Å². The maximum absolute atomic E-state index is 12.3. The van der Waals surface area contributed by atoms with Crippen LogP contribution in [0.15, 0.2) is 47.6 Å². The first kappa shape index (κ1) is 22.5. The van der Waals surface area contributed by atoms with Gasteiger partial charge in [-0.2, -0.15) is 0 Å². The predicted octanol–water partition coefficient (Wildman–Crippen LogP) is 5.56. The van der Waals surface area contributed by atoms with Gasteiger partial charge in [0.2, 0.25) is 5.91 Å². The van der Waals surface area contributed by atoms with Crippen molar-refractivity contribution in [2.75, 3.05) is 11.1 Å². The van der Waals surface area contributed by atoms with Gasteiger partial charge >= 0.3 is 0 Å². The van der Waals surface area contributed by atoms with E-state index < -0.39 is 0 Å². The molecule has 3 rings (SSSR count). The van der Waals surface area contributed by atoms with Crippen LogP contribution in [0, 0.1) is 0 Å². The van der Waals surface area contributed by atoms with Gasteiger partial charge in [0.05, 0.1) is 21.5 Å². The molecule has 0 spiro atoms. The molecule has 1 atom stereocenters. The van der Waals surface area contributed by atoms with Gasteiger partial charge in [-0.1, -0.05) is 60.1 Å². The molecular weight excluding hydrogens is 443 g/mol. The van der Waals surface area contributed by atoms with Crippen LogP contribution >= 0.6 is 35.0 Å². The average molecular weight is 465 g/mol. The Morgan fingerprint density at radius 1 is 1.17 bits per heavy atom. The van der Waals surface area contributed by atoms with E-state index >= 15 is 0 Å². The number of aryl methyl sites for hydroxylation is 1. The molecule has 1 amide bonds. The van der Waals surface area contributed by atoms with E-state index in [-0.39, 0.29) is 17.8 Å². The van der Waals surface area contributed by atoms with Crippen LogP contribution in [0.5, 0.6) is 5.75 Å². The number of halogens is 2. The first-order chi connectivity index (χ1) is 14.4. The third kappa shape index (κ3) is 5.47. The van der Waals surface area contributed by atoms with Crippen LogP contribution in [0.4, 0.5) is 5.69 Å². The number of hydrogen-bond donors (Lipinski definition) is 1. The van der Waals surface area contributed by atoms with Gasteiger partial charge in [0.1, 0.15) is 5.75 Å². The fourth-order valence-electron chi connectivity index (χ4n) is 2.79. The Morgan fingerprint density at radius 2 is 1.83 bits per heavy atom. The summed E-state index contributed by atoms with van der Waals surface area (Å²) in [5, 5.41) is 12.5. The molecule has 6 nitrogen and oxygen atoms in total. The Balaban J connectivity index is 1.59. The lowest BCUT2D eigenvalue weighted by atomic mass is 10.2. The molecule has 9 heteroatoms. The minimum absolute atomic E-state index is 0.140. The SMILES string of the molecule is CCc1ccc(OC(C)c2nnc(SCC(=O)Nc3c(Cl)cccc3Cl)n2C)cc1. The molecule has 0 radical (unpaired) electrons. The number of nitrogens with one attached hydrogen (secondary N) is 1. The highest BCUT2D eigenvalue weighted by Gasteiger charge is 2.18. The third-order valence-electron chi connectivity index (χ3n) is 4.44. The molecule has 0 aliphatic heterocycles. The number of carbonyl (C=O) groups is 1. The predicted molar refractivity (Wildman–Crippen MR) is 122 cm³/mol. The number of thioether (sulfide) groups is 1. The van der Waals surface area contributed by atoms with Crippen LogP contribution < -0.4 is 10.1 Å². The summed E-state index contributed by atoms with van der Waals surface area (Å²) in [7, 11) is 1.85. The molecule has 1 aromatic heterocycles. The fraction of sp³-hybridized carbons (Fsp3) is 0.286. The van der Waals surface area contributed by atoms with Crippen LogP contribution in [-0.2, 0) is 18.3 Å². The minimum Gasteiger partial charge on any atom is -0.483 e. The van der Waals surface area contributed by atoms with Crippen molar-refractivity contribution in [1.82, 2.24) is 14.8 Å². The van der Waals surface area contributed by atoms with E-state index in [0.29, 0.717) is 26.7 Å². The molecule has 3 aromatic rings. The topological polar surface area (TPSA) is 69.0 Å². The van der Waals surface area contributed by atoms with Gasteiger partial charge in [-0.05, 0) is 43.2 Å². The zero-order chi connectivity index (χ0) is 21.7. The third-order valence-corrected chi connectivity index (χ3v) is 6.09. The van der Waals surface area contributed by atoms with Crippen molar-refractivity contribution in [1.29, 1.82) is 0 Å². The molecule has 0 aliphatic rings. The minimum atomic E-state index is -0.292. The molecule has 1 heterocycles. The molecule has 0 bridgehead atoms. The van der Waals surface area contributed by atoms with Crippen molar-refractivity contribution in [3.63, 3.8) is 0 Å². The standard InChI is InChI=1S/C21H22Cl2N4O2S/c1-4-14-8-10-15(11-9-14)29-13(2)20-25-26-21(27(20)3)30-12-18(28)24-19-16(22)6-5-7-17(19)23/h5-11,13H,4,12H2,1-3H3,(H,24,28). The van der Waals surface area contributed by atoms with Crippen LogP contribution in [0.3, 0.4) is 0 Å². The average Bonchev–Trinajstić information content (AvgIpc) is 3.10. The quantitative estimate of drug-likeness (QED) is 0.442. The first-order valence-electron chi connectivity index (χ1n) is 9.40. The summed E-state index contributed by atoms with van der Waals surface area (Å²) in [6.07, 6.45) is 0.691. The van der Waals surface area contributed by atoms with E-state index in [4.69, 9.17) is 27.9 Å². The molecule has 1 unspecified atom stereocenters. The van der Waals surface area contributed by atoms with E-state index in [1.165, 1.54) is 17.3 Å². The van der Waals surface area contributed by atoms with Crippen LogP contribution in [0.2, 0.25) is 10.0 Å². The number of benzene rings is 2. The van der Waals surface area contributed by atoms with E-state index in [1.54, 1.807) is 18.2 Å². The maximum atomic E-state index is 12.3. The van der Waals surface area contributed by atoms with Gasteiger partial charge in [-0.3, -0.25) is 4.79 Å². The number of amides is 1. The summed E-state index contributed by atoms with van der Waals surface area (Å²) in [5.74, 6) is 1.35. The maximum Gasteiger partial charge on any atom is 0.234 e.